The molecule has 0 radical (unpaired) electrons. The smallest absolute Gasteiger partial charge is 0.210 e. The molecule has 3 aliphatic heterocycles. The number of nitrogens with zero attached hydrogens (tertiary/aromatic N) is 5. The molecule has 9 nitrogen and oxygen atoms in total. The highest BCUT2D eigenvalue weighted by Gasteiger charge is 2.34. The van der Waals surface area contributed by atoms with Crippen LogP contribution < -0.4 is 9.64 Å². The summed E-state index contributed by atoms with van der Waals surface area (Å²) in [6, 6.07) is 10.4. The van der Waals surface area contributed by atoms with E-state index in [1.54, 1.807) is 24.5 Å². The number of halogens is 1. The van der Waals surface area contributed by atoms with Crippen molar-refractivity contribution in [3.05, 3.63) is 48.4 Å². The summed E-state index contributed by atoms with van der Waals surface area (Å²) in [4.78, 5) is 15.0. The zero-order chi connectivity index (χ0) is 36.5. The Kier molecular flexibility index (Phi) is 11.9. The second-order valence-electron chi connectivity index (χ2n) is 15.6. The van der Waals surface area contributed by atoms with Crippen molar-refractivity contribution in [2.24, 2.45) is 5.92 Å². The molecular weight excluding hydrogens is 686 g/mol. The van der Waals surface area contributed by atoms with Gasteiger partial charge in [0.25, 0.3) is 0 Å². The summed E-state index contributed by atoms with van der Waals surface area (Å²) in [7, 11) is -4.20. The number of rotatable bonds is 11. The summed E-state index contributed by atoms with van der Waals surface area (Å²) in [5, 5.41) is 0.640. The monoisotopic (exact) mass is 741 g/mol. The van der Waals surface area contributed by atoms with Gasteiger partial charge >= 0.3 is 0 Å². The molecule has 2 aromatic carbocycles. The minimum atomic E-state index is -4.20. The quantitative estimate of drug-likeness (QED) is 0.213. The van der Waals surface area contributed by atoms with Gasteiger partial charge in [0.2, 0.25) is 9.84 Å². The average molecular weight is 742 g/mol. The molecule has 0 bridgehead atoms. The van der Waals surface area contributed by atoms with E-state index in [9.17, 15) is 13.0 Å². The van der Waals surface area contributed by atoms with E-state index < -0.39 is 32.4 Å². The second-order valence-corrected chi connectivity index (χ2v) is 18.9. The molecule has 12 heteroatoms. The van der Waals surface area contributed by atoms with Gasteiger partial charge < -0.3 is 19.1 Å². The molecule has 0 saturated carbocycles. The van der Waals surface area contributed by atoms with Crippen molar-refractivity contribution >= 4 is 37.6 Å². The maximum Gasteiger partial charge on any atom is 0.210 e. The van der Waals surface area contributed by atoms with Crippen molar-refractivity contribution in [2.75, 3.05) is 70.1 Å². The van der Waals surface area contributed by atoms with E-state index in [-0.39, 0.29) is 15.5 Å². The van der Waals surface area contributed by atoms with Gasteiger partial charge in [0, 0.05) is 69.0 Å². The molecule has 3 saturated heterocycles. The Bertz CT molecular complexity index is 1760. The predicted molar refractivity (Wildman–Crippen MR) is 204 cm³/mol. The van der Waals surface area contributed by atoms with Crippen molar-refractivity contribution in [1.82, 2.24) is 19.7 Å². The number of fused-ring (bicyclic) bond motifs is 1. The zero-order valence-electron chi connectivity index (χ0n) is 31.2. The van der Waals surface area contributed by atoms with Crippen LogP contribution in [0.15, 0.2) is 57.3 Å². The van der Waals surface area contributed by atoms with E-state index in [0.717, 1.165) is 51.6 Å². The van der Waals surface area contributed by atoms with E-state index in [0.29, 0.717) is 59.0 Å². The number of likely N-dealkylation sites (tertiary alicyclic amines) is 1. The lowest BCUT2D eigenvalue weighted by atomic mass is 9.96. The van der Waals surface area contributed by atoms with Crippen LogP contribution in [0.5, 0.6) is 5.75 Å². The topological polar surface area (TPSA) is 92.3 Å². The Labute approximate surface area is 307 Å². The first-order valence-electron chi connectivity index (χ1n) is 18.7. The van der Waals surface area contributed by atoms with Crippen molar-refractivity contribution in [2.45, 2.75) is 99.1 Å². The maximum absolute atomic E-state index is 15.5. The number of piperidine rings is 2. The van der Waals surface area contributed by atoms with Crippen LogP contribution in [0.4, 0.5) is 10.1 Å². The van der Waals surface area contributed by atoms with E-state index in [1.807, 2.05) is 13.8 Å². The molecule has 280 valence electrons. The summed E-state index contributed by atoms with van der Waals surface area (Å²) < 4.78 is 62.9. The third-order valence-electron chi connectivity index (χ3n) is 11.1. The first-order valence-corrected chi connectivity index (χ1v) is 21.7. The average Bonchev–Trinajstić information content (AvgIpc) is 3.11. The van der Waals surface area contributed by atoms with Crippen LogP contribution in [0.25, 0.3) is 10.9 Å². The molecule has 3 fully saturated rings. The molecule has 0 aliphatic carbocycles. The number of ether oxygens (including phenoxy) is 1. The number of anilines is 1. The number of aromatic nitrogens is 1. The Hall–Kier alpha value is -2.48. The Morgan fingerprint density at radius 2 is 1.55 bits per heavy atom. The number of pyridine rings is 1. The zero-order valence-corrected chi connectivity index (χ0v) is 32.9. The third-order valence-corrected chi connectivity index (χ3v) is 13.7. The van der Waals surface area contributed by atoms with Crippen molar-refractivity contribution in [1.29, 1.82) is 0 Å². The molecule has 1 aromatic heterocycles. The van der Waals surface area contributed by atoms with E-state index in [2.05, 4.69) is 45.4 Å². The standard InChI is InChI=1S/C39H56FN5O4S2/c1-7-42-16-12-29(13-17-42)43-20-22-44(23-21-43)30-14-18-45(19-15-30)38-33-24-31(50(6)46)8-10-35(33)41-27-37(38)51(47,48)32-9-11-36(34(40)25-32)49-39(4,5)26-28(2)3/h8-11,24-25,27-30H,7,12-23,26H2,1-6H3. The van der Waals surface area contributed by atoms with Gasteiger partial charge in [0.05, 0.1) is 16.1 Å². The molecule has 1 atom stereocenters. The molecular formula is C39H56FN5O4S2. The lowest BCUT2D eigenvalue weighted by Crippen LogP contribution is -2.56. The van der Waals surface area contributed by atoms with Gasteiger partial charge in [-0.1, -0.05) is 20.8 Å². The van der Waals surface area contributed by atoms with Crippen LogP contribution in [-0.4, -0.2) is 115 Å². The predicted octanol–water partition coefficient (Wildman–Crippen LogP) is 6.22. The van der Waals surface area contributed by atoms with Crippen LogP contribution in [0.3, 0.4) is 0 Å². The van der Waals surface area contributed by atoms with Crippen LogP contribution >= 0.6 is 0 Å². The van der Waals surface area contributed by atoms with Gasteiger partial charge in [-0.3, -0.25) is 14.8 Å². The molecule has 4 heterocycles. The maximum atomic E-state index is 15.5. The first-order chi connectivity index (χ1) is 24.3. The highest BCUT2D eigenvalue weighted by Crippen LogP contribution is 2.39. The lowest BCUT2D eigenvalue weighted by molar-refractivity contribution is 0.0384. The number of piperazine rings is 1. The normalized spacial score (nSPS) is 20.4. The van der Waals surface area contributed by atoms with Crippen LogP contribution in [0, 0.1) is 11.7 Å². The van der Waals surface area contributed by atoms with Crippen LogP contribution in [0.1, 0.15) is 66.7 Å². The Morgan fingerprint density at radius 3 is 2.10 bits per heavy atom. The van der Waals surface area contributed by atoms with E-state index >= 15 is 4.39 Å². The van der Waals surface area contributed by atoms with E-state index in [1.165, 1.54) is 44.3 Å². The number of hydrogen-bond acceptors (Lipinski definition) is 9. The summed E-state index contributed by atoms with van der Waals surface area (Å²) in [6.45, 7) is 19.4. The molecule has 6 rings (SSSR count). The largest absolute Gasteiger partial charge is 0.612 e. The fraction of sp³-hybridized carbons (Fsp3) is 0.615. The second kappa shape index (κ2) is 15.9. The number of sulfone groups is 1. The molecule has 3 aromatic rings. The van der Waals surface area contributed by atoms with Gasteiger partial charge in [-0.05, 0) is 113 Å². The molecule has 0 amide bonds. The SMILES string of the molecule is CCN1CCC(N2CCN(C3CCN(c4c(S(=O)(=O)c5ccc(OC(C)(C)CC(C)C)c(F)c5)cnc5ccc([S+](C)[O-])cc45)CC3)CC2)CC1. The fourth-order valence-corrected chi connectivity index (χ4v) is 10.5. The van der Waals surface area contributed by atoms with Crippen molar-refractivity contribution in [3.63, 3.8) is 0 Å². The molecule has 0 spiro atoms. The third kappa shape index (κ3) is 8.68. The molecule has 3 aliphatic rings. The number of benzene rings is 2. The molecule has 1 unspecified atom stereocenters. The van der Waals surface area contributed by atoms with Crippen molar-refractivity contribution < 1.29 is 22.1 Å². The van der Waals surface area contributed by atoms with Gasteiger partial charge in [-0.15, -0.1) is 0 Å². The van der Waals surface area contributed by atoms with Crippen LogP contribution in [0.2, 0.25) is 0 Å². The Morgan fingerprint density at radius 1 is 0.941 bits per heavy atom. The van der Waals surface area contributed by atoms with Gasteiger partial charge in [0.1, 0.15) is 16.8 Å². The first kappa shape index (κ1) is 38.3. The van der Waals surface area contributed by atoms with Gasteiger partial charge in [-0.2, -0.15) is 0 Å². The van der Waals surface area contributed by atoms with Crippen LogP contribution in [-0.2, 0) is 21.0 Å². The minimum Gasteiger partial charge on any atom is -0.612 e. The highest BCUT2D eigenvalue weighted by atomic mass is 32.2. The van der Waals surface area contributed by atoms with Crippen molar-refractivity contribution in [3.8, 4) is 5.75 Å². The lowest BCUT2D eigenvalue weighted by Gasteiger charge is -2.46. The van der Waals surface area contributed by atoms with Gasteiger partial charge in [0.15, 0.2) is 16.5 Å². The number of hydrogen-bond donors (Lipinski definition) is 0. The Balaban J connectivity index is 1.23. The summed E-state index contributed by atoms with van der Waals surface area (Å²) in [5.41, 5.74) is 0.560. The molecule has 0 N–H and O–H groups in total. The fourth-order valence-electron chi connectivity index (χ4n) is 8.55. The summed E-state index contributed by atoms with van der Waals surface area (Å²) in [6.07, 6.45) is 8.06. The highest BCUT2D eigenvalue weighted by molar-refractivity contribution is 7.91. The summed E-state index contributed by atoms with van der Waals surface area (Å²) >= 11 is -1.27. The minimum absolute atomic E-state index is 0.0244. The summed E-state index contributed by atoms with van der Waals surface area (Å²) in [5.74, 6) is -0.350. The molecule has 51 heavy (non-hydrogen) atoms. The van der Waals surface area contributed by atoms with E-state index in [4.69, 9.17) is 4.74 Å². The van der Waals surface area contributed by atoms with Gasteiger partial charge in [-0.25, -0.2) is 12.8 Å².